The van der Waals surface area contributed by atoms with Crippen LogP contribution in [0.3, 0.4) is 0 Å². The Kier molecular flexibility index (Phi) is 5.55. The van der Waals surface area contributed by atoms with Crippen molar-refractivity contribution in [2.75, 3.05) is 0 Å². The Labute approximate surface area is 205 Å². The number of benzene rings is 3. The number of carbonyl (C=O) groups is 3. The Balaban J connectivity index is 1.58. The molecule has 1 aliphatic rings. The highest BCUT2D eigenvalue weighted by atomic mass is 35.5. The van der Waals surface area contributed by atoms with Crippen LogP contribution in [0.15, 0.2) is 72.9 Å². The van der Waals surface area contributed by atoms with Crippen LogP contribution in [0.2, 0.25) is 10.0 Å². The number of halogens is 2. The van der Waals surface area contributed by atoms with E-state index < -0.39 is 0 Å². The molecular formula is C26H17Cl2N3O3. The van der Waals surface area contributed by atoms with Gasteiger partial charge in [-0.25, -0.2) is 4.98 Å². The number of ketones is 1. The van der Waals surface area contributed by atoms with Gasteiger partial charge < -0.3 is 0 Å². The van der Waals surface area contributed by atoms with Crippen LogP contribution >= 0.6 is 23.2 Å². The summed E-state index contributed by atoms with van der Waals surface area (Å²) in [6, 6.07) is 18.5. The van der Waals surface area contributed by atoms with Crippen molar-refractivity contribution in [3.8, 4) is 5.69 Å². The van der Waals surface area contributed by atoms with E-state index in [-0.39, 0.29) is 24.1 Å². The van der Waals surface area contributed by atoms with Gasteiger partial charge in [-0.15, -0.1) is 0 Å². The van der Waals surface area contributed by atoms with E-state index >= 15 is 0 Å². The second-order valence-electron chi connectivity index (χ2n) is 7.86. The molecule has 0 N–H and O–H groups in total. The predicted molar refractivity (Wildman–Crippen MR) is 129 cm³/mol. The van der Waals surface area contributed by atoms with Crippen molar-refractivity contribution in [3.05, 3.63) is 117 Å². The summed E-state index contributed by atoms with van der Waals surface area (Å²) in [6.07, 6.45) is 1.63. The van der Waals surface area contributed by atoms with Crippen molar-refractivity contribution in [1.29, 1.82) is 0 Å². The Hall–Kier alpha value is -3.74. The Morgan fingerprint density at radius 2 is 1.53 bits per heavy atom. The van der Waals surface area contributed by atoms with Gasteiger partial charge in [-0.3, -0.25) is 23.9 Å². The summed E-state index contributed by atoms with van der Waals surface area (Å²) in [4.78, 5) is 44.8. The topological polar surface area (TPSA) is 72.3 Å². The van der Waals surface area contributed by atoms with Crippen molar-refractivity contribution in [3.63, 3.8) is 0 Å². The minimum Gasteiger partial charge on any atom is -0.299 e. The van der Waals surface area contributed by atoms with Crippen LogP contribution in [0.5, 0.6) is 0 Å². The molecule has 8 heteroatoms. The molecule has 0 atom stereocenters. The maximum absolute atomic E-state index is 13.5. The summed E-state index contributed by atoms with van der Waals surface area (Å²) in [5.41, 5.74) is 2.64. The van der Waals surface area contributed by atoms with Crippen LogP contribution in [0, 0.1) is 6.92 Å². The van der Waals surface area contributed by atoms with Crippen LogP contribution in [0.4, 0.5) is 0 Å². The lowest BCUT2D eigenvalue weighted by Crippen LogP contribution is -2.30. The molecule has 34 heavy (non-hydrogen) atoms. The van der Waals surface area contributed by atoms with E-state index in [0.29, 0.717) is 43.8 Å². The van der Waals surface area contributed by atoms with Crippen molar-refractivity contribution in [2.45, 2.75) is 13.5 Å². The number of nitrogens with zero attached hydrogens (tertiary/aromatic N) is 3. The van der Waals surface area contributed by atoms with Crippen LogP contribution in [-0.4, -0.2) is 32.0 Å². The van der Waals surface area contributed by atoms with Gasteiger partial charge in [0.15, 0.2) is 5.78 Å². The van der Waals surface area contributed by atoms with E-state index in [4.69, 9.17) is 23.2 Å². The number of imidazole rings is 1. The molecular weight excluding hydrogens is 473 g/mol. The number of aromatic nitrogens is 2. The average molecular weight is 490 g/mol. The Morgan fingerprint density at radius 3 is 2.21 bits per heavy atom. The van der Waals surface area contributed by atoms with Gasteiger partial charge >= 0.3 is 0 Å². The number of carbonyl (C=O) groups excluding carboxylic acids is 3. The number of amides is 2. The van der Waals surface area contributed by atoms with Gasteiger partial charge in [-0.1, -0.05) is 47.5 Å². The molecule has 0 radical (unpaired) electrons. The zero-order valence-corrected chi connectivity index (χ0v) is 19.5. The SMILES string of the molecule is Cc1cnc(CN2C(=O)c3ccccc3C2=O)n1-c1ccc(Cl)cc1C(=O)c1ccccc1Cl. The summed E-state index contributed by atoms with van der Waals surface area (Å²) in [7, 11) is 0. The van der Waals surface area contributed by atoms with Gasteiger partial charge in [-0.05, 0) is 49.4 Å². The quantitative estimate of drug-likeness (QED) is 0.273. The number of hydrogen-bond acceptors (Lipinski definition) is 4. The number of fused-ring (bicyclic) bond motifs is 1. The molecule has 0 spiro atoms. The van der Waals surface area contributed by atoms with Gasteiger partial charge in [0.2, 0.25) is 0 Å². The first kappa shape index (κ1) is 22.1. The third-order valence-corrected chi connectivity index (χ3v) is 6.32. The molecule has 0 saturated carbocycles. The molecule has 0 fully saturated rings. The van der Waals surface area contributed by atoms with E-state index in [0.717, 1.165) is 10.6 Å². The Bertz CT molecular complexity index is 1460. The maximum Gasteiger partial charge on any atom is 0.261 e. The first-order chi connectivity index (χ1) is 16.4. The molecule has 6 nitrogen and oxygen atoms in total. The standard InChI is InChI=1S/C26H17Cl2N3O3/c1-15-13-29-23(14-30-25(33)17-6-2-3-7-18(17)26(30)34)31(15)22-11-10-16(27)12-20(22)24(32)19-8-4-5-9-21(19)28/h2-13H,14H2,1H3. The molecule has 168 valence electrons. The molecule has 1 aliphatic heterocycles. The highest BCUT2D eigenvalue weighted by molar-refractivity contribution is 6.35. The highest BCUT2D eigenvalue weighted by Gasteiger charge is 2.36. The van der Waals surface area contributed by atoms with E-state index in [1.54, 1.807) is 77.5 Å². The first-order valence-corrected chi connectivity index (χ1v) is 11.2. The second kappa shape index (κ2) is 8.56. The first-order valence-electron chi connectivity index (χ1n) is 10.4. The van der Waals surface area contributed by atoms with Crippen LogP contribution < -0.4 is 0 Å². The number of rotatable bonds is 5. The second-order valence-corrected chi connectivity index (χ2v) is 8.71. The Morgan fingerprint density at radius 1 is 0.882 bits per heavy atom. The normalized spacial score (nSPS) is 12.9. The molecule has 2 amide bonds. The highest BCUT2D eigenvalue weighted by Crippen LogP contribution is 2.29. The van der Waals surface area contributed by atoms with Crippen molar-refractivity contribution in [2.24, 2.45) is 0 Å². The van der Waals surface area contributed by atoms with Gasteiger partial charge in [0.25, 0.3) is 11.8 Å². The molecule has 1 aromatic heterocycles. The minimum absolute atomic E-state index is 0.0530. The third kappa shape index (κ3) is 3.61. The predicted octanol–water partition coefficient (Wildman–Crippen LogP) is 5.51. The molecule has 5 rings (SSSR count). The van der Waals surface area contributed by atoms with E-state index in [9.17, 15) is 14.4 Å². The summed E-state index contributed by atoms with van der Waals surface area (Å²) in [5.74, 6) is -0.627. The van der Waals surface area contributed by atoms with Crippen molar-refractivity contribution >= 4 is 40.8 Å². The van der Waals surface area contributed by atoms with Gasteiger partial charge in [0.1, 0.15) is 5.82 Å². The smallest absolute Gasteiger partial charge is 0.261 e. The van der Waals surface area contributed by atoms with E-state index in [1.165, 1.54) is 0 Å². The lowest BCUT2D eigenvalue weighted by atomic mass is 10.0. The fourth-order valence-electron chi connectivity index (χ4n) is 4.13. The molecule has 4 aromatic rings. The van der Waals surface area contributed by atoms with Gasteiger partial charge in [-0.2, -0.15) is 0 Å². The van der Waals surface area contributed by atoms with Gasteiger partial charge in [0.05, 0.1) is 28.4 Å². The van der Waals surface area contributed by atoms with Crippen molar-refractivity contribution < 1.29 is 14.4 Å². The largest absolute Gasteiger partial charge is 0.299 e. The minimum atomic E-state index is -0.378. The monoisotopic (exact) mass is 489 g/mol. The molecule has 0 bridgehead atoms. The van der Waals surface area contributed by atoms with Crippen LogP contribution in [0.25, 0.3) is 5.69 Å². The fourth-order valence-corrected chi connectivity index (χ4v) is 4.52. The molecule has 3 aromatic carbocycles. The summed E-state index contributed by atoms with van der Waals surface area (Å²) in [6.45, 7) is 1.78. The lowest BCUT2D eigenvalue weighted by Gasteiger charge is -2.18. The fraction of sp³-hybridized carbons (Fsp3) is 0.0769. The zero-order chi connectivity index (χ0) is 24.0. The maximum atomic E-state index is 13.5. The van der Waals surface area contributed by atoms with Gasteiger partial charge in [0, 0.05) is 28.0 Å². The molecule has 2 heterocycles. The molecule has 0 saturated heterocycles. The number of hydrogen-bond donors (Lipinski definition) is 0. The zero-order valence-electron chi connectivity index (χ0n) is 18.0. The van der Waals surface area contributed by atoms with Crippen LogP contribution in [-0.2, 0) is 6.54 Å². The number of aryl methyl sites for hydroxylation is 1. The van der Waals surface area contributed by atoms with E-state index in [1.807, 2.05) is 6.92 Å². The average Bonchev–Trinajstić information content (AvgIpc) is 3.31. The van der Waals surface area contributed by atoms with Crippen molar-refractivity contribution in [1.82, 2.24) is 14.5 Å². The van der Waals surface area contributed by atoms with Crippen LogP contribution in [0.1, 0.15) is 48.2 Å². The number of imide groups is 1. The molecule has 0 aliphatic carbocycles. The third-order valence-electron chi connectivity index (χ3n) is 5.75. The summed E-state index contributed by atoms with van der Waals surface area (Å²) >= 11 is 12.5. The van der Waals surface area contributed by atoms with E-state index in [2.05, 4.69) is 4.98 Å². The summed E-state index contributed by atoms with van der Waals surface area (Å²) < 4.78 is 1.75. The lowest BCUT2D eigenvalue weighted by molar-refractivity contribution is 0.0637. The molecule has 0 unspecified atom stereocenters. The summed E-state index contributed by atoms with van der Waals surface area (Å²) in [5, 5.41) is 0.714.